The van der Waals surface area contributed by atoms with E-state index in [4.69, 9.17) is 4.74 Å². The monoisotopic (exact) mass is 410 g/mol. The van der Waals surface area contributed by atoms with Gasteiger partial charge in [0.1, 0.15) is 5.75 Å². The molecule has 0 radical (unpaired) electrons. The molecular formula is C29H46O. The second-order valence-electron chi connectivity index (χ2n) is 11.1. The summed E-state index contributed by atoms with van der Waals surface area (Å²) in [6, 6.07) is 6.87. The van der Waals surface area contributed by atoms with E-state index in [0.29, 0.717) is 5.41 Å². The highest BCUT2D eigenvalue weighted by atomic mass is 16.5. The molecule has 2 unspecified atom stereocenters. The lowest BCUT2D eigenvalue weighted by molar-refractivity contribution is -0.287. The van der Waals surface area contributed by atoms with Gasteiger partial charge in [-0.1, -0.05) is 91.0 Å². The number of unbranched alkanes of at least 4 members (excludes halogenated alkanes) is 8. The van der Waals surface area contributed by atoms with Crippen molar-refractivity contribution in [2.75, 3.05) is 7.11 Å². The molecule has 0 heterocycles. The van der Waals surface area contributed by atoms with E-state index in [1.807, 2.05) is 0 Å². The van der Waals surface area contributed by atoms with Crippen LogP contribution in [0.4, 0.5) is 0 Å². The summed E-state index contributed by atoms with van der Waals surface area (Å²) >= 11 is 0. The first-order valence-electron chi connectivity index (χ1n) is 13.3. The van der Waals surface area contributed by atoms with Gasteiger partial charge >= 0.3 is 0 Å². The first-order valence-corrected chi connectivity index (χ1v) is 13.3. The Morgan fingerprint density at radius 3 is 2.23 bits per heavy atom. The number of ether oxygens (including phenoxy) is 1. The molecule has 3 fully saturated rings. The first kappa shape index (κ1) is 22.2. The molecule has 0 amide bonds. The molecule has 2 spiro atoms. The van der Waals surface area contributed by atoms with Crippen LogP contribution in [0.15, 0.2) is 18.2 Å². The molecule has 1 nitrogen and oxygen atoms in total. The largest absolute Gasteiger partial charge is 0.497 e. The predicted octanol–water partition coefficient (Wildman–Crippen LogP) is 8.48. The molecule has 1 aromatic rings. The van der Waals surface area contributed by atoms with Crippen molar-refractivity contribution >= 4 is 0 Å². The van der Waals surface area contributed by atoms with Gasteiger partial charge in [0, 0.05) is 0 Å². The maximum absolute atomic E-state index is 5.48. The van der Waals surface area contributed by atoms with Crippen LogP contribution in [0.3, 0.4) is 0 Å². The highest BCUT2D eigenvalue weighted by Gasteiger charge is 2.78. The third-order valence-electron chi connectivity index (χ3n) is 9.62. The lowest BCUT2D eigenvalue weighted by atomic mass is 9.22. The third kappa shape index (κ3) is 3.53. The van der Waals surface area contributed by atoms with Gasteiger partial charge in [-0.25, -0.2) is 0 Å². The number of benzene rings is 1. The molecule has 5 rings (SSSR count). The van der Waals surface area contributed by atoms with Crippen LogP contribution in [-0.2, 0) is 11.8 Å². The standard InChI is InChI=1S/C18H22O.C11H24/c1-11-14-8-12-4-5-13(19-2)9-15(12)18-7-3-6-17(11,10-18)16(14)18;1-3-5-7-9-11-10-8-6-4-2/h4-5,9,11,14,16H,3,6-8,10H2,1-2H3;3-11H2,1-2H3/t11?,14-,16-,17?,18-;/m1./s1. The lowest BCUT2D eigenvalue weighted by Gasteiger charge is -2.82. The van der Waals surface area contributed by atoms with Crippen LogP contribution >= 0.6 is 0 Å². The van der Waals surface area contributed by atoms with Gasteiger partial charge in [-0.05, 0) is 77.5 Å². The van der Waals surface area contributed by atoms with Gasteiger partial charge in [-0.3, -0.25) is 0 Å². The Morgan fingerprint density at radius 2 is 1.60 bits per heavy atom. The summed E-state index contributed by atoms with van der Waals surface area (Å²) in [6.45, 7) is 7.08. The zero-order valence-corrected chi connectivity index (χ0v) is 20.3. The zero-order chi connectivity index (χ0) is 21.2. The van der Waals surface area contributed by atoms with Crippen LogP contribution in [0.25, 0.3) is 0 Å². The number of hydrogen-bond acceptors (Lipinski definition) is 1. The average Bonchev–Trinajstić information content (AvgIpc) is 2.78. The van der Waals surface area contributed by atoms with E-state index in [-0.39, 0.29) is 0 Å². The Bertz CT molecular complexity index is 700. The van der Waals surface area contributed by atoms with Crippen LogP contribution in [-0.4, -0.2) is 7.11 Å². The van der Waals surface area contributed by atoms with Gasteiger partial charge in [0.15, 0.2) is 0 Å². The molecule has 2 bridgehead atoms. The number of fused-ring (bicyclic) bond motifs is 1. The molecule has 5 atom stereocenters. The van der Waals surface area contributed by atoms with E-state index in [2.05, 4.69) is 39.0 Å². The Kier molecular flexibility index (Phi) is 6.85. The van der Waals surface area contributed by atoms with Crippen LogP contribution in [0.1, 0.15) is 115 Å². The molecule has 3 saturated carbocycles. The molecule has 0 aliphatic heterocycles. The lowest BCUT2D eigenvalue weighted by Crippen LogP contribution is -2.77. The first-order chi connectivity index (χ1) is 14.6. The summed E-state index contributed by atoms with van der Waals surface area (Å²) < 4.78 is 5.48. The fourth-order valence-corrected chi connectivity index (χ4v) is 8.21. The van der Waals surface area contributed by atoms with Crippen LogP contribution in [0.5, 0.6) is 5.75 Å². The summed E-state index contributed by atoms with van der Waals surface area (Å²) in [5.41, 5.74) is 4.60. The molecule has 0 saturated heterocycles. The Labute approximate surface area is 186 Å². The molecule has 4 aliphatic carbocycles. The fourth-order valence-electron chi connectivity index (χ4n) is 8.21. The molecule has 1 aromatic carbocycles. The summed E-state index contributed by atoms with van der Waals surface area (Å²) in [4.78, 5) is 0. The van der Waals surface area contributed by atoms with Crippen LogP contribution < -0.4 is 4.74 Å². The third-order valence-corrected chi connectivity index (χ3v) is 9.62. The van der Waals surface area contributed by atoms with E-state index < -0.39 is 0 Å². The molecule has 30 heavy (non-hydrogen) atoms. The molecule has 1 heteroatoms. The van der Waals surface area contributed by atoms with Gasteiger partial charge < -0.3 is 4.74 Å². The number of methoxy groups -OCH3 is 1. The van der Waals surface area contributed by atoms with Gasteiger partial charge in [-0.15, -0.1) is 0 Å². The maximum atomic E-state index is 5.48. The van der Waals surface area contributed by atoms with Crippen molar-refractivity contribution in [3.63, 3.8) is 0 Å². The zero-order valence-electron chi connectivity index (χ0n) is 20.3. The normalized spacial score (nSPS) is 34.5. The summed E-state index contributed by atoms with van der Waals surface area (Å²) in [6.07, 6.45) is 20.1. The van der Waals surface area contributed by atoms with Crippen molar-refractivity contribution in [3.05, 3.63) is 29.3 Å². The number of rotatable bonds is 9. The Balaban J connectivity index is 0.000000173. The van der Waals surface area contributed by atoms with E-state index in [9.17, 15) is 0 Å². The predicted molar refractivity (Wildman–Crippen MR) is 128 cm³/mol. The van der Waals surface area contributed by atoms with Crippen molar-refractivity contribution < 1.29 is 4.74 Å². The van der Waals surface area contributed by atoms with E-state index in [0.717, 1.165) is 28.9 Å². The van der Waals surface area contributed by atoms with Crippen LogP contribution in [0, 0.1) is 23.2 Å². The minimum absolute atomic E-state index is 0.553. The van der Waals surface area contributed by atoms with Crippen LogP contribution in [0.2, 0.25) is 0 Å². The topological polar surface area (TPSA) is 9.23 Å². The van der Waals surface area contributed by atoms with E-state index >= 15 is 0 Å². The number of hydrogen-bond donors (Lipinski definition) is 0. The Morgan fingerprint density at radius 1 is 0.933 bits per heavy atom. The Hall–Kier alpha value is -0.980. The highest BCUT2D eigenvalue weighted by molar-refractivity contribution is 5.50. The molecule has 0 aromatic heterocycles. The van der Waals surface area contributed by atoms with E-state index in [1.165, 1.54) is 89.9 Å². The van der Waals surface area contributed by atoms with Gasteiger partial charge in [0.05, 0.1) is 7.11 Å². The highest BCUT2D eigenvalue weighted by Crippen LogP contribution is 2.83. The van der Waals surface area contributed by atoms with Gasteiger partial charge in [-0.2, -0.15) is 0 Å². The molecule has 0 N–H and O–H groups in total. The quantitative estimate of drug-likeness (QED) is 0.371. The molecular weight excluding hydrogens is 364 g/mol. The van der Waals surface area contributed by atoms with Crippen molar-refractivity contribution in [3.8, 4) is 5.75 Å². The maximum Gasteiger partial charge on any atom is 0.119 e. The summed E-state index contributed by atoms with van der Waals surface area (Å²) in [5, 5.41) is 0. The van der Waals surface area contributed by atoms with Gasteiger partial charge in [0.2, 0.25) is 0 Å². The summed E-state index contributed by atoms with van der Waals surface area (Å²) in [5.74, 6) is 4.03. The minimum Gasteiger partial charge on any atom is -0.497 e. The average molecular weight is 411 g/mol. The van der Waals surface area contributed by atoms with E-state index in [1.54, 1.807) is 18.2 Å². The van der Waals surface area contributed by atoms with Gasteiger partial charge in [0.25, 0.3) is 0 Å². The second-order valence-corrected chi connectivity index (χ2v) is 11.1. The van der Waals surface area contributed by atoms with Crippen molar-refractivity contribution in [2.24, 2.45) is 23.2 Å². The fraction of sp³-hybridized carbons (Fsp3) is 0.793. The van der Waals surface area contributed by atoms with Crippen molar-refractivity contribution in [2.45, 2.75) is 116 Å². The van der Waals surface area contributed by atoms with Crippen molar-refractivity contribution in [1.29, 1.82) is 0 Å². The second kappa shape index (κ2) is 9.25. The molecule has 168 valence electrons. The smallest absolute Gasteiger partial charge is 0.119 e. The molecule has 4 aliphatic rings. The minimum atomic E-state index is 0.553. The van der Waals surface area contributed by atoms with Crippen molar-refractivity contribution in [1.82, 2.24) is 0 Å². The SMILES string of the molecule is CCCCCCCCCCC.COc1ccc2c(c1)[C@@]13CCCC4(C1)C(C)[C@@H](C2)[C@H]43. The summed E-state index contributed by atoms with van der Waals surface area (Å²) in [7, 11) is 1.79.